The standard InChI is InChI=1S/C26H22F2N4O3/c1-25(27,28)20-4-7-23(18(10-20)12-29)35-21-5-2-17(3-6-21)13-32-24(34)26(8-9-26)11-22(33)19-14-30-16-31-15-19/h2-7,10,14-16H,8-9,11,13H2,1H3,(H,32,34). The number of nitriles is 1. The number of hydrogen-bond donors (Lipinski definition) is 1. The summed E-state index contributed by atoms with van der Waals surface area (Å²) in [6.07, 6.45) is 5.64. The van der Waals surface area contributed by atoms with Crippen LogP contribution in [0.5, 0.6) is 11.5 Å². The van der Waals surface area contributed by atoms with Gasteiger partial charge in [-0.2, -0.15) is 5.26 Å². The number of nitrogens with one attached hydrogen (secondary N) is 1. The number of hydrogen-bond acceptors (Lipinski definition) is 6. The largest absolute Gasteiger partial charge is 0.456 e. The number of carbonyl (C=O) groups is 2. The molecule has 0 atom stereocenters. The lowest BCUT2D eigenvalue weighted by Crippen LogP contribution is -2.33. The quantitative estimate of drug-likeness (QED) is 0.440. The first-order chi connectivity index (χ1) is 16.7. The Morgan fingerprint density at radius 1 is 1.14 bits per heavy atom. The van der Waals surface area contributed by atoms with Gasteiger partial charge in [-0.3, -0.25) is 9.59 Å². The van der Waals surface area contributed by atoms with Crippen molar-refractivity contribution >= 4 is 11.7 Å². The summed E-state index contributed by atoms with van der Waals surface area (Å²) in [4.78, 5) is 32.9. The number of halogens is 2. The molecular weight excluding hydrogens is 454 g/mol. The van der Waals surface area contributed by atoms with Gasteiger partial charge in [0.2, 0.25) is 5.91 Å². The minimum absolute atomic E-state index is 0.00621. The number of benzene rings is 2. The fraction of sp³-hybridized carbons (Fsp3) is 0.269. The summed E-state index contributed by atoms with van der Waals surface area (Å²) in [7, 11) is 0. The van der Waals surface area contributed by atoms with E-state index in [9.17, 15) is 23.6 Å². The number of ether oxygens (including phenoxy) is 1. The van der Waals surface area contributed by atoms with Gasteiger partial charge in [-0.05, 0) is 48.7 Å². The van der Waals surface area contributed by atoms with Crippen molar-refractivity contribution < 1.29 is 23.1 Å². The lowest BCUT2D eigenvalue weighted by molar-refractivity contribution is -0.126. The van der Waals surface area contributed by atoms with Crippen LogP contribution >= 0.6 is 0 Å². The van der Waals surface area contributed by atoms with Crippen molar-refractivity contribution in [2.45, 2.75) is 38.7 Å². The molecule has 3 aromatic rings. The van der Waals surface area contributed by atoms with E-state index in [1.54, 1.807) is 24.3 Å². The maximum atomic E-state index is 13.5. The molecule has 1 heterocycles. The number of aromatic nitrogens is 2. The second kappa shape index (κ2) is 9.58. The number of rotatable bonds is 9. The molecule has 0 bridgehead atoms. The average Bonchev–Trinajstić information content (AvgIpc) is 3.64. The second-order valence-electron chi connectivity index (χ2n) is 8.65. The van der Waals surface area contributed by atoms with Crippen molar-refractivity contribution in [2.24, 2.45) is 5.41 Å². The Kier molecular flexibility index (Phi) is 6.56. The van der Waals surface area contributed by atoms with E-state index < -0.39 is 11.3 Å². The van der Waals surface area contributed by atoms with Gasteiger partial charge in [0, 0.05) is 37.8 Å². The SMILES string of the molecule is CC(F)(F)c1ccc(Oc2ccc(CNC(=O)C3(CC(=O)c4cncnc4)CC3)cc2)c(C#N)c1. The predicted molar refractivity (Wildman–Crippen MR) is 122 cm³/mol. The van der Waals surface area contributed by atoms with Crippen LogP contribution in [-0.4, -0.2) is 21.7 Å². The zero-order valence-electron chi connectivity index (χ0n) is 18.9. The van der Waals surface area contributed by atoms with Crippen molar-refractivity contribution in [3.05, 3.63) is 83.4 Å². The lowest BCUT2D eigenvalue weighted by Gasteiger charge is -2.15. The molecule has 1 aliphatic rings. The van der Waals surface area contributed by atoms with Crippen molar-refractivity contribution in [3.63, 3.8) is 0 Å². The van der Waals surface area contributed by atoms with Gasteiger partial charge in [0.05, 0.1) is 16.5 Å². The number of Topliss-reactive ketones (excluding diaryl/α,β-unsaturated/α-hetero) is 1. The zero-order chi connectivity index (χ0) is 25.1. The van der Waals surface area contributed by atoms with Gasteiger partial charge in [0.15, 0.2) is 5.78 Å². The molecule has 1 fully saturated rings. The molecule has 1 amide bonds. The molecular formula is C26H22F2N4O3. The summed E-state index contributed by atoms with van der Waals surface area (Å²) in [5.41, 5.74) is 0.252. The Bertz CT molecular complexity index is 1280. The molecule has 35 heavy (non-hydrogen) atoms. The number of ketones is 1. The minimum Gasteiger partial charge on any atom is -0.456 e. The highest BCUT2D eigenvalue weighted by atomic mass is 19.3. The Morgan fingerprint density at radius 2 is 1.83 bits per heavy atom. The fourth-order valence-corrected chi connectivity index (χ4v) is 3.64. The first kappa shape index (κ1) is 24.0. The van der Waals surface area contributed by atoms with E-state index in [4.69, 9.17) is 4.74 Å². The predicted octanol–water partition coefficient (Wildman–Crippen LogP) is 4.92. The monoisotopic (exact) mass is 476 g/mol. The van der Waals surface area contributed by atoms with Crippen LogP contribution in [0.4, 0.5) is 8.78 Å². The Balaban J connectivity index is 1.34. The van der Waals surface area contributed by atoms with Gasteiger partial charge in [0.1, 0.15) is 23.9 Å². The molecule has 178 valence electrons. The Hall–Kier alpha value is -4.19. The molecule has 1 N–H and O–H groups in total. The molecule has 2 aromatic carbocycles. The van der Waals surface area contributed by atoms with Crippen molar-refractivity contribution in [3.8, 4) is 17.6 Å². The van der Waals surface area contributed by atoms with Gasteiger partial charge < -0.3 is 10.1 Å². The van der Waals surface area contributed by atoms with Gasteiger partial charge in [-0.1, -0.05) is 12.1 Å². The summed E-state index contributed by atoms with van der Waals surface area (Å²) in [6.45, 7) is 1.04. The first-order valence-electron chi connectivity index (χ1n) is 11.0. The van der Waals surface area contributed by atoms with Crippen molar-refractivity contribution in [1.29, 1.82) is 5.26 Å². The van der Waals surface area contributed by atoms with Crippen LogP contribution in [-0.2, 0) is 17.3 Å². The molecule has 1 saturated carbocycles. The van der Waals surface area contributed by atoms with Crippen LogP contribution in [0.1, 0.15) is 53.2 Å². The average molecular weight is 476 g/mol. The summed E-state index contributed by atoms with van der Waals surface area (Å²) in [5, 5.41) is 12.2. The van der Waals surface area contributed by atoms with Crippen LogP contribution in [0.3, 0.4) is 0 Å². The van der Waals surface area contributed by atoms with Crippen LogP contribution in [0.25, 0.3) is 0 Å². The van der Waals surface area contributed by atoms with Crippen molar-refractivity contribution in [2.75, 3.05) is 0 Å². The van der Waals surface area contributed by atoms with Gasteiger partial charge in [-0.15, -0.1) is 0 Å². The summed E-state index contributed by atoms with van der Waals surface area (Å²) >= 11 is 0. The molecule has 4 rings (SSSR count). The number of amides is 1. The van der Waals surface area contributed by atoms with Crippen molar-refractivity contribution in [1.82, 2.24) is 15.3 Å². The molecule has 1 aromatic heterocycles. The maximum absolute atomic E-state index is 13.5. The summed E-state index contributed by atoms with van der Waals surface area (Å²) in [5.74, 6) is -2.80. The first-order valence-corrected chi connectivity index (χ1v) is 11.0. The highest BCUT2D eigenvalue weighted by molar-refractivity contribution is 6.00. The van der Waals surface area contributed by atoms with E-state index in [1.807, 2.05) is 6.07 Å². The molecule has 0 unspecified atom stereocenters. The van der Waals surface area contributed by atoms with Crippen LogP contribution in [0.15, 0.2) is 61.2 Å². The van der Waals surface area contributed by atoms with Crippen LogP contribution < -0.4 is 10.1 Å². The number of alkyl halides is 2. The molecule has 9 heteroatoms. The van der Waals surface area contributed by atoms with Crippen LogP contribution in [0.2, 0.25) is 0 Å². The van der Waals surface area contributed by atoms with E-state index in [2.05, 4.69) is 15.3 Å². The highest BCUT2D eigenvalue weighted by Crippen LogP contribution is 2.49. The smallest absolute Gasteiger partial charge is 0.270 e. The van der Waals surface area contributed by atoms with E-state index in [1.165, 1.54) is 30.9 Å². The second-order valence-corrected chi connectivity index (χ2v) is 8.65. The van der Waals surface area contributed by atoms with E-state index in [0.717, 1.165) is 18.6 Å². The van der Waals surface area contributed by atoms with E-state index in [0.29, 0.717) is 24.2 Å². The normalized spacial score (nSPS) is 14.0. The van der Waals surface area contributed by atoms with E-state index in [-0.39, 0.29) is 41.5 Å². The topological polar surface area (TPSA) is 105 Å². The summed E-state index contributed by atoms with van der Waals surface area (Å²) in [6, 6.07) is 12.4. The van der Waals surface area contributed by atoms with Crippen LogP contribution in [0, 0.1) is 16.7 Å². The molecule has 7 nitrogen and oxygen atoms in total. The third kappa shape index (κ3) is 5.66. The van der Waals surface area contributed by atoms with Gasteiger partial charge >= 0.3 is 0 Å². The van der Waals surface area contributed by atoms with E-state index >= 15 is 0 Å². The number of carbonyl (C=O) groups excluding carboxylic acids is 2. The third-order valence-electron chi connectivity index (χ3n) is 5.93. The summed E-state index contributed by atoms with van der Waals surface area (Å²) < 4.78 is 32.7. The molecule has 0 radical (unpaired) electrons. The molecule has 0 aliphatic heterocycles. The highest BCUT2D eigenvalue weighted by Gasteiger charge is 2.51. The Morgan fingerprint density at radius 3 is 2.43 bits per heavy atom. The Labute approximate surface area is 200 Å². The minimum atomic E-state index is -3.06. The van der Waals surface area contributed by atoms with Gasteiger partial charge in [-0.25, -0.2) is 18.7 Å². The fourth-order valence-electron chi connectivity index (χ4n) is 3.64. The molecule has 0 saturated heterocycles. The van der Waals surface area contributed by atoms with Gasteiger partial charge in [0.25, 0.3) is 5.92 Å². The number of nitrogens with zero attached hydrogens (tertiary/aromatic N) is 3. The molecule has 1 aliphatic carbocycles. The molecule has 0 spiro atoms. The third-order valence-corrected chi connectivity index (χ3v) is 5.93. The maximum Gasteiger partial charge on any atom is 0.270 e. The zero-order valence-corrected chi connectivity index (χ0v) is 18.9. The lowest BCUT2D eigenvalue weighted by atomic mass is 9.95.